The monoisotopic (exact) mass is 317 g/mol. The molecule has 0 fully saturated rings. The number of nitrogens with one attached hydrogen (secondary N) is 2. The van der Waals surface area contributed by atoms with Crippen molar-refractivity contribution in [2.75, 3.05) is 11.6 Å². The maximum atomic E-state index is 12.6. The number of nitrogens with zero attached hydrogens (tertiary/aromatic N) is 1. The van der Waals surface area contributed by atoms with Crippen LogP contribution >= 0.6 is 11.8 Å². The summed E-state index contributed by atoms with van der Waals surface area (Å²) in [7, 11) is 0. The molecule has 1 aromatic heterocycles. The van der Waals surface area contributed by atoms with Crippen LogP contribution in [0.3, 0.4) is 0 Å². The van der Waals surface area contributed by atoms with E-state index in [9.17, 15) is 15.2 Å². The van der Waals surface area contributed by atoms with Gasteiger partial charge < -0.3 is 10.5 Å². The Morgan fingerprint density at radius 1 is 1.36 bits per heavy atom. The lowest BCUT2D eigenvalue weighted by Crippen LogP contribution is -2.99. The highest BCUT2D eigenvalue weighted by Crippen LogP contribution is 2.49. The van der Waals surface area contributed by atoms with Gasteiger partial charge in [-0.3, -0.25) is 9.78 Å². The molecule has 114 valence electrons. The van der Waals surface area contributed by atoms with Gasteiger partial charge in [0.15, 0.2) is 5.69 Å². The molecule has 7 heteroatoms. The number of fused-ring (bicyclic) bond motifs is 1. The average Bonchev–Trinajstić information content (AvgIpc) is 2.80. The van der Waals surface area contributed by atoms with E-state index in [4.69, 9.17) is 0 Å². The van der Waals surface area contributed by atoms with E-state index in [-0.39, 0.29) is 11.6 Å². The highest BCUT2D eigenvalue weighted by Gasteiger charge is 2.50. The zero-order chi connectivity index (χ0) is 15.7. The number of rotatable bonds is 4. The van der Waals surface area contributed by atoms with E-state index in [2.05, 4.69) is 10.3 Å². The van der Waals surface area contributed by atoms with E-state index in [1.165, 1.54) is 17.8 Å². The Hall–Kier alpha value is -1.93. The predicted octanol–water partition coefficient (Wildman–Crippen LogP) is 1.24. The molecule has 1 aliphatic heterocycles. The van der Waals surface area contributed by atoms with E-state index < -0.39 is 9.97 Å². The van der Waals surface area contributed by atoms with Crippen LogP contribution in [0.25, 0.3) is 0 Å². The fourth-order valence-electron chi connectivity index (χ4n) is 2.80. The van der Waals surface area contributed by atoms with Crippen molar-refractivity contribution in [3.05, 3.63) is 59.1 Å². The van der Waals surface area contributed by atoms with Crippen LogP contribution in [0, 0.1) is 5.21 Å². The molecule has 2 heterocycles. The topological polar surface area (TPSA) is 89.7 Å². The van der Waals surface area contributed by atoms with Crippen LogP contribution < -0.4 is 10.5 Å². The summed E-state index contributed by atoms with van der Waals surface area (Å²) in [5, 5.41) is 22.8. The molecule has 3 rings (SSSR count). The molecule has 1 aromatic carbocycles. The molecule has 6 nitrogen and oxygen atoms in total. The van der Waals surface area contributed by atoms with Gasteiger partial charge in [0, 0.05) is 24.4 Å². The molecule has 0 bridgehead atoms. The molecule has 0 spiro atoms. The Balaban J connectivity index is 2.15. The Kier molecular flexibility index (Phi) is 3.88. The molecule has 1 aliphatic rings. The number of carbonyl (C=O) groups excluding carboxylic acids is 1. The highest BCUT2D eigenvalue weighted by molar-refractivity contribution is 8.00. The number of aromatic nitrogens is 1. The average molecular weight is 317 g/mol. The van der Waals surface area contributed by atoms with Crippen molar-refractivity contribution in [3.8, 4) is 0 Å². The largest absolute Gasteiger partial charge is 0.595 e. The Morgan fingerprint density at radius 2 is 2.18 bits per heavy atom. The quantitative estimate of drug-likeness (QED) is 0.738. The number of pyridine rings is 1. The molecule has 2 unspecified atom stereocenters. The summed E-state index contributed by atoms with van der Waals surface area (Å²) in [6.07, 6.45) is 3.83. The van der Waals surface area contributed by atoms with Crippen molar-refractivity contribution in [1.82, 2.24) is 4.98 Å². The van der Waals surface area contributed by atoms with Crippen LogP contribution in [0.15, 0.2) is 42.6 Å². The third-order valence-corrected chi connectivity index (χ3v) is 5.05. The predicted molar refractivity (Wildman–Crippen MR) is 84.0 cm³/mol. The van der Waals surface area contributed by atoms with Gasteiger partial charge in [0.05, 0.1) is 11.3 Å². The van der Waals surface area contributed by atoms with Gasteiger partial charge in [-0.15, -0.1) is 11.8 Å². The Labute approximate surface area is 131 Å². The van der Waals surface area contributed by atoms with Gasteiger partial charge in [-0.25, -0.2) is 5.21 Å². The number of carbonyl (C=O) groups is 1. The fraction of sp³-hybridized carbons (Fsp3) is 0.200. The van der Waals surface area contributed by atoms with Crippen molar-refractivity contribution in [2.45, 2.75) is 11.2 Å². The minimum absolute atomic E-state index is 0.154. The van der Waals surface area contributed by atoms with Gasteiger partial charge in [-0.05, 0) is 24.5 Å². The third kappa shape index (κ3) is 2.28. The SMILES string of the molecule is CSC1(Cc2ccccn2)C(=O)Nc2cccc([NH+]([O-])O)c21. The first kappa shape index (κ1) is 15.0. The third-order valence-electron chi connectivity index (χ3n) is 3.82. The highest BCUT2D eigenvalue weighted by atomic mass is 32.2. The lowest BCUT2D eigenvalue weighted by molar-refractivity contribution is -0.991. The summed E-state index contributed by atoms with van der Waals surface area (Å²) < 4.78 is -0.974. The van der Waals surface area contributed by atoms with Gasteiger partial charge >= 0.3 is 0 Å². The maximum Gasteiger partial charge on any atom is 0.245 e. The summed E-state index contributed by atoms with van der Waals surface area (Å²) >= 11 is 1.34. The lowest BCUT2D eigenvalue weighted by atomic mass is 9.92. The fourth-order valence-corrected chi connectivity index (χ4v) is 3.75. The van der Waals surface area contributed by atoms with E-state index in [1.807, 2.05) is 18.4 Å². The van der Waals surface area contributed by atoms with Gasteiger partial charge in [-0.1, -0.05) is 12.1 Å². The molecular formula is C15H15N3O3S. The molecule has 22 heavy (non-hydrogen) atoms. The van der Waals surface area contributed by atoms with Gasteiger partial charge in [0.2, 0.25) is 5.91 Å². The number of anilines is 1. The first-order chi connectivity index (χ1) is 10.6. The standard InChI is InChI=1S/C15H15N3O3S/c1-22-15(9-10-5-2-3-8-16-10)13-11(17-14(15)19)6-4-7-12(13)18(20)21/h2-8,18,20H,9H2,1H3,(H,17,19). The summed E-state index contributed by atoms with van der Waals surface area (Å²) in [5.41, 5.74) is 2.00. The van der Waals surface area contributed by atoms with Crippen molar-refractivity contribution < 1.29 is 15.2 Å². The molecule has 2 atom stereocenters. The summed E-state index contributed by atoms with van der Waals surface area (Å²) in [5.74, 6) is -0.200. The number of thioether (sulfide) groups is 1. The van der Waals surface area contributed by atoms with E-state index in [0.717, 1.165) is 5.69 Å². The molecule has 3 N–H and O–H groups in total. The minimum atomic E-state index is -1.03. The van der Waals surface area contributed by atoms with Gasteiger partial charge in [-0.2, -0.15) is 5.23 Å². The second-order valence-corrected chi connectivity index (χ2v) is 6.12. The Bertz CT molecular complexity index is 708. The summed E-state index contributed by atoms with van der Waals surface area (Å²) in [6.45, 7) is 0. The number of quaternary nitrogens is 1. The van der Waals surface area contributed by atoms with Crippen molar-refractivity contribution in [2.24, 2.45) is 0 Å². The van der Waals surface area contributed by atoms with E-state index in [0.29, 0.717) is 17.7 Å². The molecule has 1 amide bonds. The van der Waals surface area contributed by atoms with Crippen LogP contribution in [0.4, 0.5) is 11.4 Å². The number of amides is 1. The first-order valence-electron chi connectivity index (χ1n) is 6.72. The summed E-state index contributed by atoms with van der Waals surface area (Å²) in [4.78, 5) is 16.9. The molecule has 0 radical (unpaired) electrons. The van der Waals surface area contributed by atoms with Crippen LogP contribution in [-0.2, 0) is 16.0 Å². The van der Waals surface area contributed by atoms with Gasteiger partial charge in [0.1, 0.15) is 4.75 Å². The number of hydrogen-bond acceptors (Lipinski definition) is 5. The number of hydrogen-bond donors (Lipinski definition) is 3. The van der Waals surface area contributed by atoms with Crippen molar-refractivity contribution >= 4 is 29.0 Å². The minimum Gasteiger partial charge on any atom is -0.595 e. The first-order valence-corrected chi connectivity index (χ1v) is 7.94. The van der Waals surface area contributed by atoms with E-state index >= 15 is 0 Å². The van der Waals surface area contributed by atoms with Crippen LogP contribution in [0.1, 0.15) is 11.3 Å². The van der Waals surface area contributed by atoms with Crippen molar-refractivity contribution in [3.63, 3.8) is 0 Å². The van der Waals surface area contributed by atoms with E-state index in [1.54, 1.807) is 24.4 Å². The second kappa shape index (κ2) is 5.69. The maximum absolute atomic E-state index is 12.6. The normalized spacial score (nSPS) is 21.3. The van der Waals surface area contributed by atoms with Gasteiger partial charge in [0.25, 0.3) is 0 Å². The van der Waals surface area contributed by atoms with Crippen LogP contribution in [-0.4, -0.2) is 22.4 Å². The molecule has 0 saturated carbocycles. The zero-order valence-corrected chi connectivity index (χ0v) is 12.7. The van der Waals surface area contributed by atoms with Crippen molar-refractivity contribution in [1.29, 1.82) is 0 Å². The summed E-state index contributed by atoms with van der Waals surface area (Å²) in [6, 6.07) is 10.4. The Morgan fingerprint density at radius 3 is 2.82 bits per heavy atom. The number of benzene rings is 1. The molecule has 0 saturated heterocycles. The smallest absolute Gasteiger partial charge is 0.245 e. The van der Waals surface area contributed by atoms with Crippen LogP contribution in [0.5, 0.6) is 0 Å². The molecule has 2 aromatic rings. The molecular weight excluding hydrogens is 302 g/mol. The van der Waals surface area contributed by atoms with Crippen LogP contribution in [0.2, 0.25) is 0 Å². The second-order valence-electron chi connectivity index (χ2n) is 5.02. The lowest BCUT2D eigenvalue weighted by Gasteiger charge is -2.27. The zero-order valence-electron chi connectivity index (χ0n) is 11.9. The molecule has 0 aliphatic carbocycles.